The first-order valence-electron chi connectivity index (χ1n) is 3.81. The molecule has 0 radical (unpaired) electrons. The summed E-state index contributed by atoms with van der Waals surface area (Å²) in [4.78, 5) is 10.5. The second kappa shape index (κ2) is 3.69. The zero-order valence-corrected chi connectivity index (χ0v) is 7.22. The normalized spacial score (nSPS) is 12.6. The Balaban J connectivity index is 3.24. The molecule has 0 fully saturated rings. The molecule has 0 aliphatic rings. The first-order chi connectivity index (χ1) is 6.45. The lowest BCUT2D eigenvalue weighted by molar-refractivity contribution is -0.138. The van der Waals surface area contributed by atoms with Crippen molar-refractivity contribution >= 4 is 5.97 Å². The Morgan fingerprint density at radius 1 is 1.29 bits per heavy atom. The number of carbonyl (C=O) groups is 1. The van der Waals surface area contributed by atoms with Gasteiger partial charge < -0.3 is 5.11 Å². The Kier molecular flexibility index (Phi) is 2.78. The Morgan fingerprint density at radius 3 is 2.36 bits per heavy atom. The van der Waals surface area contributed by atoms with Crippen LogP contribution in [0, 0.1) is 17.5 Å². The number of hydrogen-bond acceptors (Lipinski definition) is 1. The lowest BCUT2D eigenvalue weighted by Gasteiger charge is -2.08. The molecular formula is C9H7F3O2. The van der Waals surface area contributed by atoms with E-state index >= 15 is 0 Å². The number of halogens is 3. The van der Waals surface area contributed by atoms with Gasteiger partial charge in [0.2, 0.25) is 0 Å². The summed E-state index contributed by atoms with van der Waals surface area (Å²) in [5.74, 6) is -6.92. The molecule has 1 aromatic rings. The predicted octanol–water partition coefficient (Wildman–Crippen LogP) is 2.29. The van der Waals surface area contributed by atoms with E-state index in [4.69, 9.17) is 5.11 Å². The average molecular weight is 204 g/mol. The van der Waals surface area contributed by atoms with Gasteiger partial charge in [-0.3, -0.25) is 4.79 Å². The minimum atomic E-state index is -1.64. The monoisotopic (exact) mass is 204 g/mol. The molecule has 0 saturated carbocycles. The molecule has 14 heavy (non-hydrogen) atoms. The van der Waals surface area contributed by atoms with Crippen LogP contribution in [0.1, 0.15) is 18.4 Å². The quantitative estimate of drug-likeness (QED) is 0.750. The molecule has 0 saturated heterocycles. The third kappa shape index (κ3) is 1.71. The van der Waals surface area contributed by atoms with Gasteiger partial charge in [0, 0.05) is 5.56 Å². The van der Waals surface area contributed by atoms with Gasteiger partial charge in [0.05, 0.1) is 5.92 Å². The van der Waals surface area contributed by atoms with E-state index in [0.717, 1.165) is 6.07 Å². The van der Waals surface area contributed by atoms with Crippen LogP contribution in [0.15, 0.2) is 12.1 Å². The molecule has 0 aliphatic heterocycles. The predicted molar refractivity (Wildman–Crippen MR) is 42.4 cm³/mol. The van der Waals surface area contributed by atoms with Gasteiger partial charge in [0.1, 0.15) is 0 Å². The van der Waals surface area contributed by atoms with Gasteiger partial charge in [-0.15, -0.1) is 0 Å². The maximum Gasteiger partial charge on any atom is 0.310 e. The van der Waals surface area contributed by atoms with E-state index in [0.29, 0.717) is 6.07 Å². The van der Waals surface area contributed by atoms with E-state index < -0.39 is 29.3 Å². The van der Waals surface area contributed by atoms with Crippen molar-refractivity contribution < 1.29 is 23.1 Å². The summed E-state index contributed by atoms with van der Waals surface area (Å²) in [5, 5.41) is 8.54. The van der Waals surface area contributed by atoms with E-state index in [1.807, 2.05) is 0 Å². The molecule has 0 heterocycles. The number of carboxylic acids is 1. The highest BCUT2D eigenvalue weighted by atomic mass is 19.2. The summed E-state index contributed by atoms with van der Waals surface area (Å²) in [6.45, 7) is 1.19. The molecule has 1 atom stereocenters. The molecule has 2 nitrogen and oxygen atoms in total. The van der Waals surface area contributed by atoms with Crippen LogP contribution in [0.4, 0.5) is 13.2 Å². The molecule has 0 aliphatic carbocycles. The molecule has 1 aromatic carbocycles. The van der Waals surface area contributed by atoms with Gasteiger partial charge in [0.15, 0.2) is 17.5 Å². The largest absolute Gasteiger partial charge is 0.481 e. The van der Waals surface area contributed by atoms with Crippen LogP contribution in [-0.4, -0.2) is 11.1 Å². The van der Waals surface area contributed by atoms with Crippen LogP contribution in [0.3, 0.4) is 0 Å². The van der Waals surface area contributed by atoms with Crippen LogP contribution in [0.5, 0.6) is 0 Å². The number of benzene rings is 1. The highest BCUT2D eigenvalue weighted by Gasteiger charge is 2.21. The number of carboxylic acid groups (broad SMARTS) is 1. The SMILES string of the molecule is CC(C(=O)O)c1ccc(F)c(F)c1F. The fourth-order valence-corrected chi connectivity index (χ4v) is 1.01. The highest BCUT2D eigenvalue weighted by molar-refractivity contribution is 5.75. The molecular weight excluding hydrogens is 197 g/mol. The van der Waals surface area contributed by atoms with Crippen LogP contribution in [0.2, 0.25) is 0 Å². The molecule has 0 amide bonds. The van der Waals surface area contributed by atoms with Crippen LogP contribution < -0.4 is 0 Å². The second-order valence-electron chi connectivity index (χ2n) is 2.82. The fraction of sp³-hybridized carbons (Fsp3) is 0.222. The summed E-state index contributed by atoms with van der Waals surface area (Å²) in [6, 6.07) is 1.62. The van der Waals surface area contributed by atoms with Crippen molar-refractivity contribution in [3.63, 3.8) is 0 Å². The number of hydrogen-bond donors (Lipinski definition) is 1. The van der Waals surface area contributed by atoms with Crippen molar-refractivity contribution in [2.45, 2.75) is 12.8 Å². The topological polar surface area (TPSA) is 37.3 Å². The fourth-order valence-electron chi connectivity index (χ4n) is 1.01. The summed E-state index contributed by atoms with van der Waals surface area (Å²) in [5.41, 5.74) is -0.364. The Labute approximate surface area is 78.0 Å². The smallest absolute Gasteiger partial charge is 0.310 e. The molecule has 1 rings (SSSR count). The zero-order chi connectivity index (χ0) is 10.9. The van der Waals surface area contributed by atoms with E-state index in [2.05, 4.69) is 0 Å². The van der Waals surface area contributed by atoms with Crippen LogP contribution in [-0.2, 0) is 4.79 Å². The van der Waals surface area contributed by atoms with E-state index in [9.17, 15) is 18.0 Å². The lowest BCUT2D eigenvalue weighted by atomic mass is 10.0. The highest BCUT2D eigenvalue weighted by Crippen LogP contribution is 2.22. The zero-order valence-electron chi connectivity index (χ0n) is 7.22. The molecule has 0 bridgehead atoms. The van der Waals surface area contributed by atoms with Crippen molar-refractivity contribution in [1.82, 2.24) is 0 Å². The van der Waals surface area contributed by atoms with Crippen molar-refractivity contribution in [1.29, 1.82) is 0 Å². The maximum absolute atomic E-state index is 13.0. The lowest BCUT2D eigenvalue weighted by Crippen LogP contribution is -2.10. The summed E-state index contributed by atoms with van der Waals surface area (Å²) < 4.78 is 38.1. The van der Waals surface area contributed by atoms with Gasteiger partial charge in [-0.2, -0.15) is 0 Å². The first kappa shape index (κ1) is 10.6. The van der Waals surface area contributed by atoms with Crippen molar-refractivity contribution in [2.75, 3.05) is 0 Å². The van der Waals surface area contributed by atoms with Crippen LogP contribution >= 0.6 is 0 Å². The first-order valence-corrected chi connectivity index (χ1v) is 3.81. The number of rotatable bonds is 2. The Bertz CT molecular complexity index is 377. The molecule has 5 heteroatoms. The third-order valence-corrected chi connectivity index (χ3v) is 1.90. The number of aliphatic carboxylic acids is 1. The summed E-state index contributed by atoms with van der Waals surface area (Å²) >= 11 is 0. The molecule has 0 spiro atoms. The van der Waals surface area contributed by atoms with Crippen molar-refractivity contribution in [3.05, 3.63) is 35.1 Å². The van der Waals surface area contributed by atoms with E-state index in [1.54, 1.807) is 0 Å². The Hall–Kier alpha value is -1.52. The second-order valence-corrected chi connectivity index (χ2v) is 2.82. The van der Waals surface area contributed by atoms with Gasteiger partial charge in [-0.25, -0.2) is 13.2 Å². The molecule has 76 valence electrons. The Morgan fingerprint density at radius 2 is 1.86 bits per heavy atom. The summed E-state index contributed by atoms with van der Waals surface area (Å²) in [7, 11) is 0. The van der Waals surface area contributed by atoms with Gasteiger partial charge in [-0.1, -0.05) is 6.07 Å². The van der Waals surface area contributed by atoms with E-state index in [1.165, 1.54) is 6.92 Å². The third-order valence-electron chi connectivity index (χ3n) is 1.90. The van der Waals surface area contributed by atoms with E-state index in [-0.39, 0.29) is 5.56 Å². The van der Waals surface area contributed by atoms with Crippen LogP contribution in [0.25, 0.3) is 0 Å². The minimum Gasteiger partial charge on any atom is -0.481 e. The molecule has 0 aromatic heterocycles. The van der Waals surface area contributed by atoms with Gasteiger partial charge in [-0.05, 0) is 13.0 Å². The van der Waals surface area contributed by atoms with Gasteiger partial charge >= 0.3 is 5.97 Å². The van der Waals surface area contributed by atoms with Crippen molar-refractivity contribution in [3.8, 4) is 0 Å². The molecule has 1 unspecified atom stereocenters. The maximum atomic E-state index is 13.0. The van der Waals surface area contributed by atoms with Gasteiger partial charge in [0.25, 0.3) is 0 Å². The van der Waals surface area contributed by atoms with Crippen molar-refractivity contribution in [2.24, 2.45) is 0 Å². The summed E-state index contributed by atoms with van der Waals surface area (Å²) in [6.07, 6.45) is 0. The average Bonchev–Trinajstić information content (AvgIpc) is 2.13. The minimum absolute atomic E-state index is 0.364. The molecule has 1 N–H and O–H groups in total. The standard InChI is InChI=1S/C9H7F3O2/c1-4(9(13)14)5-2-3-6(10)8(12)7(5)11/h2-4H,1H3,(H,13,14).